The summed E-state index contributed by atoms with van der Waals surface area (Å²) in [6.45, 7) is 3.71. The molecule has 0 aliphatic rings. The number of rotatable bonds is 0. The molecular formula is C15H18Cl3N3. The van der Waals surface area contributed by atoms with Crippen molar-refractivity contribution in [3.05, 3.63) is 59.1 Å². The lowest BCUT2D eigenvalue weighted by atomic mass is 10.5. The molecule has 21 heavy (non-hydrogen) atoms. The van der Waals surface area contributed by atoms with Crippen molar-refractivity contribution in [3.8, 4) is 6.07 Å². The van der Waals surface area contributed by atoms with Crippen molar-refractivity contribution < 1.29 is 0 Å². The van der Waals surface area contributed by atoms with Crippen LogP contribution in [0.4, 0.5) is 0 Å². The maximum Gasteiger partial charge on any atom is 0.129 e. The van der Waals surface area contributed by atoms with Gasteiger partial charge in [0.25, 0.3) is 0 Å². The molecule has 0 bridgehead atoms. The fraction of sp³-hybridized carbons (Fsp3) is 0.267. The summed E-state index contributed by atoms with van der Waals surface area (Å²) in [5.41, 5.74) is 0. The first-order valence-corrected chi connectivity index (χ1v) is 7.47. The lowest BCUT2D eigenvalue weighted by Crippen LogP contribution is -1.65. The number of pyridine rings is 2. The Labute approximate surface area is 141 Å². The molecule has 0 aromatic carbocycles. The van der Waals surface area contributed by atoms with Crippen LogP contribution in [-0.2, 0) is 0 Å². The predicted molar refractivity (Wildman–Crippen MR) is 90.8 cm³/mol. The van der Waals surface area contributed by atoms with Gasteiger partial charge in [-0.2, -0.15) is 5.26 Å². The van der Waals surface area contributed by atoms with E-state index in [2.05, 4.69) is 9.97 Å². The fourth-order valence-corrected chi connectivity index (χ4v) is 0.942. The third-order valence-electron chi connectivity index (χ3n) is 1.42. The average Bonchev–Trinajstić information content (AvgIpc) is 2.50. The van der Waals surface area contributed by atoms with Crippen LogP contribution in [-0.4, -0.2) is 15.8 Å². The van der Waals surface area contributed by atoms with Gasteiger partial charge in [-0.25, -0.2) is 9.97 Å². The maximum atomic E-state index is 7.62. The van der Waals surface area contributed by atoms with Crippen molar-refractivity contribution in [3.63, 3.8) is 0 Å². The quantitative estimate of drug-likeness (QED) is 0.458. The van der Waals surface area contributed by atoms with Crippen LogP contribution in [0.1, 0.15) is 20.3 Å². The standard InChI is InChI=1S/2C5H4ClN.C3H5N.C2H5Cl/c2*6-5-3-1-2-4-7-5;1-2-3-4;1-2-3/h2*1-4H;2H2,1H3;2H2,1H3. The Bertz CT molecular complexity index is 421. The summed E-state index contributed by atoms with van der Waals surface area (Å²) < 4.78 is 0. The first kappa shape index (κ1) is 21.9. The maximum absolute atomic E-state index is 7.62. The second-order valence-electron chi connectivity index (χ2n) is 3.08. The van der Waals surface area contributed by atoms with E-state index < -0.39 is 0 Å². The van der Waals surface area contributed by atoms with Crippen LogP contribution in [0.5, 0.6) is 0 Å². The van der Waals surface area contributed by atoms with Gasteiger partial charge < -0.3 is 0 Å². The summed E-state index contributed by atoms with van der Waals surface area (Å²) in [6.07, 6.45) is 3.94. The normalized spacial score (nSPS) is 7.62. The minimum atomic E-state index is 0.544. The van der Waals surface area contributed by atoms with Gasteiger partial charge in [0.1, 0.15) is 10.3 Å². The Morgan fingerprint density at radius 1 is 0.952 bits per heavy atom. The van der Waals surface area contributed by atoms with Crippen LogP contribution in [0.15, 0.2) is 48.8 Å². The van der Waals surface area contributed by atoms with Crippen LogP contribution >= 0.6 is 34.8 Å². The van der Waals surface area contributed by atoms with Crippen molar-refractivity contribution in [1.29, 1.82) is 5.26 Å². The average molecular weight is 347 g/mol. The highest BCUT2D eigenvalue weighted by atomic mass is 35.5. The summed E-state index contributed by atoms with van der Waals surface area (Å²) in [5.74, 6) is 0.722. The van der Waals surface area contributed by atoms with E-state index in [4.69, 9.17) is 40.1 Å². The molecule has 3 nitrogen and oxygen atoms in total. The summed E-state index contributed by atoms with van der Waals surface area (Å²) >= 11 is 15.9. The van der Waals surface area contributed by atoms with Crippen LogP contribution in [0.3, 0.4) is 0 Å². The second-order valence-corrected chi connectivity index (χ2v) is 4.39. The molecule has 0 aliphatic carbocycles. The van der Waals surface area contributed by atoms with Crippen LogP contribution in [0, 0.1) is 11.3 Å². The highest BCUT2D eigenvalue weighted by molar-refractivity contribution is 6.29. The molecule has 0 unspecified atom stereocenters. The smallest absolute Gasteiger partial charge is 0.129 e. The third kappa shape index (κ3) is 21.1. The molecule has 0 amide bonds. The number of halogens is 3. The highest BCUT2D eigenvalue weighted by Gasteiger charge is 1.77. The van der Waals surface area contributed by atoms with Crippen LogP contribution in [0.2, 0.25) is 10.3 Å². The minimum Gasteiger partial charge on any atom is -0.245 e. The van der Waals surface area contributed by atoms with E-state index in [1.54, 1.807) is 24.5 Å². The van der Waals surface area contributed by atoms with Gasteiger partial charge in [0.2, 0.25) is 0 Å². The molecule has 0 saturated heterocycles. The number of alkyl halides is 1. The Morgan fingerprint density at radius 3 is 1.38 bits per heavy atom. The van der Waals surface area contributed by atoms with Crippen molar-refractivity contribution >= 4 is 34.8 Å². The van der Waals surface area contributed by atoms with E-state index >= 15 is 0 Å². The molecular weight excluding hydrogens is 329 g/mol. The molecule has 0 fully saturated rings. The van der Waals surface area contributed by atoms with E-state index in [-0.39, 0.29) is 0 Å². The zero-order chi connectivity index (χ0) is 16.3. The Balaban J connectivity index is 0. The molecule has 0 radical (unpaired) electrons. The minimum absolute atomic E-state index is 0.544. The largest absolute Gasteiger partial charge is 0.245 e. The molecule has 114 valence electrons. The molecule has 2 heterocycles. The van der Waals surface area contributed by atoms with Crippen molar-refractivity contribution in [2.45, 2.75) is 20.3 Å². The molecule has 0 N–H and O–H groups in total. The lowest BCUT2D eigenvalue weighted by Gasteiger charge is -1.79. The summed E-state index contributed by atoms with van der Waals surface area (Å²) in [5, 5.41) is 8.71. The van der Waals surface area contributed by atoms with Crippen LogP contribution in [0.25, 0.3) is 0 Å². The molecule has 0 atom stereocenters. The Morgan fingerprint density at radius 2 is 1.29 bits per heavy atom. The Hall–Kier alpha value is -1.34. The molecule has 0 spiro atoms. The number of hydrogen-bond acceptors (Lipinski definition) is 3. The molecule has 2 rings (SSSR count). The van der Waals surface area contributed by atoms with E-state index in [0.29, 0.717) is 16.7 Å². The predicted octanol–water partition coefficient (Wildman–Crippen LogP) is 5.64. The fourth-order valence-electron chi connectivity index (χ4n) is 0.684. The SMILES string of the molecule is CCC#N.CCCl.Clc1ccccn1.Clc1ccccn1. The molecule has 0 saturated carbocycles. The van der Waals surface area contributed by atoms with Crippen molar-refractivity contribution in [1.82, 2.24) is 9.97 Å². The second kappa shape index (κ2) is 18.7. The summed E-state index contributed by atoms with van der Waals surface area (Å²) in [6, 6.07) is 12.7. The van der Waals surface area contributed by atoms with Gasteiger partial charge in [-0.15, -0.1) is 11.6 Å². The lowest BCUT2D eigenvalue weighted by molar-refractivity contribution is 1.22. The monoisotopic (exact) mass is 345 g/mol. The zero-order valence-corrected chi connectivity index (χ0v) is 14.3. The first-order chi connectivity index (χ1) is 10.1. The van der Waals surface area contributed by atoms with Crippen LogP contribution < -0.4 is 0 Å². The molecule has 2 aromatic heterocycles. The topological polar surface area (TPSA) is 49.6 Å². The highest BCUT2D eigenvalue weighted by Crippen LogP contribution is 1.98. The van der Waals surface area contributed by atoms with E-state index in [0.717, 1.165) is 5.88 Å². The number of nitriles is 1. The zero-order valence-electron chi connectivity index (χ0n) is 12.0. The summed E-state index contributed by atoms with van der Waals surface area (Å²) in [7, 11) is 0. The Kier molecular flexibility index (Phi) is 19.5. The molecule has 6 heteroatoms. The van der Waals surface area contributed by atoms with Gasteiger partial charge >= 0.3 is 0 Å². The first-order valence-electron chi connectivity index (χ1n) is 6.18. The van der Waals surface area contributed by atoms with E-state index in [1.165, 1.54) is 0 Å². The van der Waals surface area contributed by atoms with Gasteiger partial charge in [0.15, 0.2) is 0 Å². The number of aromatic nitrogens is 2. The van der Waals surface area contributed by atoms with Crippen molar-refractivity contribution in [2.75, 3.05) is 5.88 Å². The molecule has 2 aromatic rings. The summed E-state index contributed by atoms with van der Waals surface area (Å²) in [4.78, 5) is 7.49. The number of nitrogens with zero attached hydrogens (tertiary/aromatic N) is 3. The van der Waals surface area contributed by atoms with Gasteiger partial charge in [-0.3, -0.25) is 0 Å². The molecule has 0 aliphatic heterocycles. The van der Waals surface area contributed by atoms with E-state index in [1.807, 2.05) is 44.2 Å². The number of hydrogen-bond donors (Lipinski definition) is 0. The van der Waals surface area contributed by atoms with E-state index in [9.17, 15) is 0 Å². The third-order valence-corrected chi connectivity index (χ3v) is 1.86. The van der Waals surface area contributed by atoms with Gasteiger partial charge in [-0.05, 0) is 24.3 Å². The van der Waals surface area contributed by atoms with Gasteiger partial charge in [0.05, 0.1) is 6.07 Å². The van der Waals surface area contributed by atoms with Gasteiger partial charge in [0, 0.05) is 24.7 Å². The van der Waals surface area contributed by atoms with Crippen molar-refractivity contribution in [2.24, 2.45) is 0 Å². The van der Waals surface area contributed by atoms with Gasteiger partial charge in [-0.1, -0.05) is 49.2 Å².